The summed E-state index contributed by atoms with van der Waals surface area (Å²) < 4.78 is 32.5. The van der Waals surface area contributed by atoms with E-state index in [2.05, 4.69) is 10.0 Å². The zero-order chi connectivity index (χ0) is 18.6. The molecule has 1 aliphatic rings. The molecule has 0 bridgehead atoms. The molecule has 0 saturated carbocycles. The minimum atomic E-state index is -3.74. The molecule has 0 atom stereocenters. The summed E-state index contributed by atoms with van der Waals surface area (Å²) in [5, 5.41) is 2.64. The highest BCUT2D eigenvalue weighted by Gasteiger charge is 2.19. The van der Waals surface area contributed by atoms with Gasteiger partial charge in [0, 0.05) is 0 Å². The molecule has 138 valence electrons. The second-order valence-corrected chi connectivity index (χ2v) is 7.98. The van der Waals surface area contributed by atoms with Crippen LogP contribution in [0.1, 0.15) is 24.0 Å². The molecular formula is C19H22N2O4S. The minimum absolute atomic E-state index is 0.197. The van der Waals surface area contributed by atoms with Crippen molar-refractivity contribution in [3.8, 4) is 5.75 Å². The molecule has 2 aromatic carbocycles. The Kier molecular flexibility index (Phi) is 5.58. The van der Waals surface area contributed by atoms with E-state index in [1.54, 1.807) is 36.4 Å². The molecule has 6 nitrogen and oxygen atoms in total. The number of para-hydroxylation sites is 2. The molecule has 0 unspecified atom stereocenters. The average Bonchev–Trinajstić information content (AvgIpc) is 2.66. The fourth-order valence-electron chi connectivity index (χ4n) is 3.06. The molecule has 0 aromatic heterocycles. The van der Waals surface area contributed by atoms with E-state index in [-0.39, 0.29) is 11.4 Å². The lowest BCUT2D eigenvalue weighted by atomic mass is 9.92. The lowest BCUT2D eigenvalue weighted by Crippen LogP contribution is -2.33. The number of aryl methyl sites for hydroxylation is 2. The lowest BCUT2D eigenvalue weighted by Gasteiger charge is -2.16. The number of carbonyl (C=O) groups excluding carboxylic acids is 1. The van der Waals surface area contributed by atoms with Crippen LogP contribution in [0.3, 0.4) is 0 Å². The van der Waals surface area contributed by atoms with Gasteiger partial charge in [0.25, 0.3) is 0 Å². The molecule has 0 aliphatic heterocycles. The number of rotatable bonds is 6. The minimum Gasteiger partial charge on any atom is -0.495 e. The standard InChI is InChI=1S/C19H22N2O4S/c1-25-18-9-5-4-8-17(18)21-19(22)13-20-26(23,24)16-11-10-14-6-2-3-7-15(14)12-16/h4-5,8-12,20H,2-3,6-7,13H2,1H3,(H,21,22). The normalized spacial score (nSPS) is 13.7. The first-order valence-corrected chi connectivity index (χ1v) is 10.0. The Bertz CT molecular complexity index is 910. The van der Waals surface area contributed by atoms with E-state index in [1.807, 2.05) is 6.07 Å². The molecule has 26 heavy (non-hydrogen) atoms. The van der Waals surface area contributed by atoms with Gasteiger partial charge in [0.1, 0.15) is 5.75 Å². The maximum atomic E-state index is 12.5. The molecule has 1 aliphatic carbocycles. The van der Waals surface area contributed by atoms with Crippen molar-refractivity contribution in [2.45, 2.75) is 30.6 Å². The molecule has 0 heterocycles. The van der Waals surface area contributed by atoms with Gasteiger partial charge in [-0.3, -0.25) is 4.79 Å². The van der Waals surface area contributed by atoms with Crippen molar-refractivity contribution < 1.29 is 17.9 Å². The highest BCUT2D eigenvalue weighted by molar-refractivity contribution is 7.89. The van der Waals surface area contributed by atoms with Gasteiger partial charge in [-0.1, -0.05) is 18.2 Å². The summed E-state index contributed by atoms with van der Waals surface area (Å²) in [6, 6.07) is 12.1. The van der Waals surface area contributed by atoms with Gasteiger partial charge in [-0.25, -0.2) is 13.1 Å². The Morgan fingerprint density at radius 3 is 2.58 bits per heavy atom. The molecule has 2 N–H and O–H groups in total. The first kappa shape index (κ1) is 18.4. The van der Waals surface area contributed by atoms with Crippen LogP contribution in [-0.2, 0) is 27.7 Å². The van der Waals surface area contributed by atoms with Crippen molar-refractivity contribution in [2.75, 3.05) is 19.0 Å². The van der Waals surface area contributed by atoms with Gasteiger partial charge < -0.3 is 10.1 Å². The second kappa shape index (κ2) is 7.88. The van der Waals surface area contributed by atoms with Crippen LogP contribution in [0.25, 0.3) is 0 Å². The van der Waals surface area contributed by atoms with E-state index in [9.17, 15) is 13.2 Å². The highest BCUT2D eigenvalue weighted by atomic mass is 32.2. The van der Waals surface area contributed by atoms with Gasteiger partial charge >= 0.3 is 0 Å². The van der Waals surface area contributed by atoms with Crippen LogP contribution >= 0.6 is 0 Å². The molecule has 0 spiro atoms. The largest absolute Gasteiger partial charge is 0.495 e. The Labute approximate surface area is 153 Å². The maximum absolute atomic E-state index is 12.5. The average molecular weight is 374 g/mol. The second-order valence-electron chi connectivity index (χ2n) is 6.21. The third-order valence-electron chi connectivity index (χ3n) is 4.43. The number of sulfonamides is 1. The van der Waals surface area contributed by atoms with Crippen molar-refractivity contribution >= 4 is 21.6 Å². The van der Waals surface area contributed by atoms with Crippen LogP contribution in [0.4, 0.5) is 5.69 Å². The fourth-order valence-corrected chi connectivity index (χ4v) is 4.10. The first-order valence-electron chi connectivity index (χ1n) is 8.54. The highest BCUT2D eigenvalue weighted by Crippen LogP contribution is 2.24. The van der Waals surface area contributed by atoms with Gasteiger partial charge in [-0.05, 0) is 61.1 Å². The molecule has 0 fully saturated rings. The predicted molar refractivity (Wildman–Crippen MR) is 99.9 cm³/mol. The number of amides is 1. The Morgan fingerprint density at radius 1 is 1.08 bits per heavy atom. The summed E-state index contributed by atoms with van der Waals surface area (Å²) in [6.45, 7) is -0.350. The number of benzene rings is 2. The molecule has 7 heteroatoms. The summed E-state index contributed by atoms with van der Waals surface area (Å²) in [5.41, 5.74) is 2.79. The van der Waals surface area contributed by atoms with E-state index in [0.29, 0.717) is 11.4 Å². The molecule has 2 aromatic rings. The summed E-state index contributed by atoms with van der Waals surface area (Å²) in [6.07, 6.45) is 4.10. The van der Waals surface area contributed by atoms with Gasteiger partial charge in [-0.2, -0.15) is 0 Å². The van der Waals surface area contributed by atoms with Crippen molar-refractivity contribution in [3.63, 3.8) is 0 Å². The Hall–Kier alpha value is -2.38. The van der Waals surface area contributed by atoms with Crippen LogP contribution in [0.2, 0.25) is 0 Å². The van der Waals surface area contributed by atoms with Gasteiger partial charge in [0.05, 0.1) is 24.2 Å². The van der Waals surface area contributed by atoms with Crippen molar-refractivity contribution in [1.29, 1.82) is 0 Å². The van der Waals surface area contributed by atoms with Crippen LogP contribution in [-0.4, -0.2) is 28.0 Å². The van der Waals surface area contributed by atoms with Crippen molar-refractivity contribution in [2.24, 2.45) is 0 Å². The van der Waals surface area contributed by atoms with Crippen LogP contribution in [0.5, 0.6) is 5.75 Å². The first-order chi connectivity index (χ1) is 12.5. The summed E-state index contributed by atoms with van der Waals surface area (Å²) in [4.78, 5) is 12.3. The van der Waals surface area contributed by atoms with Crippen LogP contribution < -0.4 is 14.8 Å². The number of carbonyl (C=O) groups is 1. The van der Waals surface area contributed by atoms with E-state index < -0.39 is 15.9 Å². The number of anilines is 1. The van der Waals surface area contributed by atoms with Crippen molar-refractivity contribution in [1.82, 2.24) is 4.72 Å². The predicted octanol–water partition coefficient (Wildman–Crippen LogP) is 2.49. The fraction of sp³-hybridized carbons (Fsp3) is 0.316. The number of fused-ring (bicyclic) bond motifs is 1. The number of nitrogens with one attached hydrogen (secondary N) is 2. The van der Waals surface area contributed by atoms with Gasteiger partial charge in [0.2, 0.25) is 15.9 Å². The third-order valence-corrected chi connectivity index (χ3v) is 5.83. The summed E-state index contributed by atoms with van der Waals surface area (Å²) in [7, 11) is -2.24. The molecule has 0 radical (unpaired) electrons. The summed E-state index contributed by atoms with van der Waals surface area (Å²) in [5.74, 6) is 0.0504. The number of methoxy groups -OCH3 is 1. The molecular weight excluding hydrogens is 352 g/mol. The third kappa shape index (κ3) is 4.23. The number of hydrogen-bond donors (Lipinski definition) is 2. The van der Waals surface area contributed by atoms with E-state index >= 15 is 0 Å². The number of hydrogen-bond acceptors (Lipinski definition) is 4. The topological polar surface area (TPSA) is 84.5 Å². The van der Waals surface area contributed by atoms with E-state index in [4.69, 9.17) is 4.74 Å². The molecule has 1 amide bonds. The quantitative estimate of drug-likeness (QED) is 0.814. The lowest BCUT2D eigenvalue weighted by molar-refractivity contribution is -0.115. The maximum Gasteiger partial charge on any atom is 0.241 e. The Balaban J connectivity index is 1.65. The zero-order valence-corrected chi connectivity index (χ0v) is 15.4. The zero-order valence-electron chi connectivity index (χ0n) is 14.6. The van der Waals surface area contributed by atoms with E-state index in [0.717, 1.165) is 31.2 Å². The van der Waals surface area contributed by atoms with Gasteiger partial charge in [-0.15, -0.1) is 0 Å². The molecule has 0 saturated heterocycles. The van der Waals surface area contributed by atoms with Crippen LogP contribution in [0, 0.1) is 0 Å². The monoisotopic (exact) mass is 374 g/mol. The summed E-state index contributed by atoms with van der Waals surface area (Å²) >= 11 is 0. The Morgan fingerprint density at radius 2 is 1.81 bits per heavy atom. The van der Waals surface area contributed by atoms with Crippen LogP contribution in [0.15, 0.2) is 47.4 Å². The SMILES string of the molecule is COc1ccccc1NC(=O)CNS(=O)(=O)c1ccc2c(c1)CCCC2. The molecule has 3 rings (SSSR count). The van der Waals surface area contributed by atoms with E-state index in [1.165, 1.54) is 12.7 Å². The van der Waals surface area contributed by atoms with Gasteiger partial charge in [0.15, 0.2) is 0 Å². The van der Waals surface area contributed by atoms with Crippen molar-refractivity contribution in [3.05, 3.63) is 53.6 Å². The smallest absolute Gasteiger partial charge is 0.241 e. The number of ether oxygens (including phenoxy) is 1.